The number of hydrogen-bond donors (Lipinski definition) is 2. The van der Waals surface area contributed by atoms with Crippen molar-refractivity contribution in [3.8, 4) is 0 Å². The van der Waals surface area contributed by atoms with E-state index in [1.165, 1.54) is 0 Å². The zero-order valence-corrected chi connectivity index (χ0v) is 8.99. The molecule has 1 aromatic rings. The minimum absolute atomic E-state index is 0.0467. The van der Waals surface area contributed by atoms with Gasteiger partial charge in [-0.15, -0.1) is 0 Å². The molecular formula is C12H18O2. The Bertz CT molecular complexity index is 288. The van der Waals surface area contributed by atoms with Gasteiger partial charge in [0.2, 0.25) is 0 Å². The number of hydrogen-bond acceptors (Lipinski definition) is 2. The van der Waals surface area contributed by atoms with Crippen LogP contribution in [0.3, 0.4) is 0 Å². The molecule has 0 radical (unpaired) electrons. The van der Waals surface area contributed by atoms with Gasteiger partial charge in [0.15, 0.2) is 0 Å². The highest BCUT2D eigenvalue weighted by Crippen LogP contribution is 2.38. The standard InChI is InChI=1S/C12H18O2/c1-11(2,9-13)12(3,14)10-7-5-4-6-8-10/h4-8,13-14H,9H2,1-3H3. The molecule has 2 N–H and O–H groups in total. The lowest BCUT2D eigenvalue weighted by molar-refractivity contribution is -0.0826. The van der Waals surface area contributed by atoms with Crippen molar-refractivity contribution >= 4 is 0 Å². The molecule has 0 aliphatic carbocycles. The first-order valence-electron chi connectivity index (χ1n) is 4.80. The van der Waals surface area contributed by atoms with Gasteiger partial charge in [-0.2, -0.15) is 0 Å². The summed E-state index contributed by atoms with van der Waals surface area (Å²) in [7, 11) is 0. The Hall–Kier alpha value is -0.860. The van der Waals surface area contributed by atoms with Crippen molar-refractivity contribution in [3.05, 3.63) is 35.9 Å². The lowest BCUT2D eigenvalue weighted by atomic mass is 9.72. The molecule has 0 aliphatic rings. The van der Waals surface area contributed by atoms with Crippen LogP contribution in [0, 0.1) is 5.41 Å². The van der Waals surface area contributed by atoms with Gasteiger partial charge < -0.3 is 10.2 Å². The highest BCUT2D eigenvalue weighted by atomic mass is 16.3. The van der Waals surface area contributed by atoms with E-state index in [0.717, 1.165) is 5.56 Å². The van der Waals surface area contributed by atoms with Crippen LogP contribution < -0.4 is 0 Å². The summed E-state index contributed by atoms with van der Waals surface area (Å²) in [5.74, 6) is 0. The molecule has 1 atom stereocenters. The number of benzene rings is 1. The number of aliphatic hydroxyl groups is 2. The molecule has 1 unspecified atom stereocenters. The van der Waals surface area contributed by atoms with Gasteiger partial charge in [0.1, 0.15) is 0 Å². The van der Waals surface area contributed by atoms with Gasteiger partial charge in [0.25, 0.3) is 0 Å². The Kier molecular flexibility index (Phi) is 2.98. The smallest absolute Gasteiger partial charge is 0.0941 e. The molecule has 0 spiro atoms. The topological polar surface area (TPSA) is 40.5 Å². The van der Waals surface area contributed by atoms with Crippen LogP contribution in [0.1, 0.15) is 26.3 Å². The molecule has 0 aliphatic heterocycles. The quantitative estimate of drug-likeness (QED) is 0.771. The summed E-state index contributed by atoms with van der Waals surface area (Å²) < 4.78 is 0. The molecule has 0 fully saturated rings. The lowest BCUT2D eigenvalue weighted by Crippen LogP contribution is -2.41. The van der Waals surface area contributed by atoms with E-state index in [4.69, 9.17) is 0 Å². The zero-order chi connectivity index (χ0) is 10.8. The maximum absolute atomic E-state index is 10.4. The largest absolute Gasteiger partial charge is 0.396 e. The second kappa shape index (κ2) is 3.71. The van der Waals surface area contributed by atoms with Crippen molar-refractivity contribution in [3.63, 3.8) is 0 Å². The third kappa shape index (κ3) is 1.81. The molecule has 0 aromatic heterocycles. The highest BCUT2D eigenvalue weighted by molar-refractivity contribution is 5.23. The van der Waals surface area contributed by atoms with Crippen molar-refractivity contribution < 1.29 is 10.2 Å². The van der Waals surface area contributed by atoms with Crippen LogP contribution in [0.5, 0.6) is 0 Å². The van der Waals surface area contributed by atoms with Crippen LogP contribution in [0.4, 0.5) is 0 Å². The van der Waals surface area contributed by atoms with Crippen molar-refractivity contribution in [1.29, 1.82) is 0 Å². The Morgan fingerprint density at radius 1 is 1.07 bits per heavy atom. The van der Waals surface area contributed by atoms with E-state index >= 15 is 0 Å². The Balaban J connectivity index is 3.08. The van der Waals surface area contributed by atoms with Crippen molar-refractivity contribution in [2.45, 2.75) is 26.4 Å². The van der Waals surface area contributed by atoms with Crippen LogP contribution >= 0.6 is 0 Å². The molecule has 0 amide bonds. The average molecular weight is 194 g/mol. The Labute approximate surface area is 85.2 Å². The fourth-order valence-corrected chi connectivity index (χ4v) is 1.31. The highest BCUT2D eigenvalue weighted by Gasteiger charge is 2.40. The van der Waals surface area contributed by atoms with Crippen LogP contribution in [0.25, 0.3) is 0 Å². The maximum atomic E-state index is 10.4. The first-order chi connectivity index (χ1) is 6.42. The SMILES string of the molecule is CC(C)(CO)C(C)(O)c1ccccc1. The second-order valence-corrected chi connectivity index (χ2v) is 4.48. The van der Waals surface area contributed by atoms with E-state index in [9.17, 15) is 10.2 Å². The predicted octanol–water partition coefficient (Wildman–Crippen LogP) is 1.91. The van der Waals surface area contributed by atoms with Gasteiger partial charge in [-0.1, -0.05) is 44.2 Å². The molecule has 78 valence electrons. The zero-order valence-electron chi connectivity index (χ0n) is 8.99. The Morgan fingerprint density at radius 3 is 2.00 bits per heavy atom. The first-order valence-corrected chi connectivity index (χ1v) is 4.80. The fourth-order valence-electron chi connectivity index (χ4n) is 1.31. The molecule has 1 aromatic carbocycles. The number of aliphatic hydroxyl groups excluding tert-OH is 1. The molecular weight excluding hydrogens is 176 g/mol. The molecule has 2 heteroatoms. The summed E-state index contributed by atoms with van der Waals surface area (Å²) in [6.45, 7) is 5.38. The van der Waals surface area contributed by atoms with Gasteiger partial charge in [-0.3, -0.25) is 0 Å². The minimum atomic E-state index is -1.01. The van der Waals surface area contributed by atoms with Gasteiger partial charge in [-0.25, -0.2) is 0 Å². The molecule has 2 nitrogen and oxygen atoms in total. The van der Waals surface area contributed by atoms with Crippen LogP contribution in [0.2, 0.25) is 0 Å². The van der Waals surface area contributed by atoms with Gasteiger partial charge >= 0.3 is 0 Å². The summed E-state index contributed by atoms with van der Waals surface area (Å²) in [5, 5.41) is 19.6. The molecule has 0 saturated heterocycles. The summed E-state index contributed by atoms with van der Waals surface area (Å²) in [6.07, 6.45) is 0. The van der Waals surface area contributed by atoms with E-state index < -0.39 is 11.0 Å². The van der Waals surface area contributed by atoms with E-state index in [1.54, 1.807) is 6.92 Å². The molecule has 14 heavy (non-hydrogen) atoms. The Morgan fingerprint density at radius 2 is 1.57 bits per heavy atom. The summed E-state index contributed by atoms with van der Waals surface area (Å²) in [6, 6.07) is 9.43. The summed E-state index contributed by atoms with van der Waals surface area (Å²) in [4.78, 5) is 0. The van der Waals surface area contributed by atoms with E-state index in [0.29, 0.717) is 0 Å². The molecule has 0 bridgehead atoms. The van der Waals surface area contributed by atoms with Crippen LogP contribution in [0.15, 0.2) is 30.3 Å². The van der Waals surface area contributed by atoms with Crippen LogP contribution in [-0.2, 0) is 5.60 Å². The molecule has 0 heterocycles. The summed E-state index contributed by atoms with van der Waals surface area (Å²) >= 11 is 0. The van der Waals surface area contributed by atoms with E-state index in [-0.39, 0.29) is 6.61 Å². The lowest BCUT2D eigenvalue weighted by Gasteiger charge is -2.39. The van der Waals surface area contributed by atoms with Crippen molar-refractivity contribution in [2.75, 3.05) is 6.61 Å². The van der Waals surface area contributed by atoms with Gasteiger partial charge in [0.05, 0.1) is 12.2 Å². The van der Waals surface area contributed by atoms with Crippen LogP contribution in [-0.4, -0.2) is 16.8 Å². The normalized spacial score (nSPS) is 16.4. The fraction of sp³-hybridized carbons (Fsp3) is 0.500. The third-order valence-corrected chi connectivity index (χ3v) is 3.05. The first kappa shape index (κ1) is 11.2. The van der Waals surface area contributed by atoms with Crippen molar-refractivity contribution in [1.82, 2.24) is 0 Å². The van der Waals surface area contributed by atoms with E-state index in [2.05, 4.69) is 0 Å². The molecule has 0 saturated carbocycles. The third-order valence-electron chi connectivity index (χ3n) is 3.05. The predicted molar refractivity (Wildman–Crippen MR) is 56.9 cm³/mol. The second-order valence-electron chi connectivity index (χ2n) is 4.48. The van der Waals surface area contributed by atoms with Crippen molar-refractivity contribution in [2.24, 2.45) is 5.41 Å². The van der Waals surface area contributed by atoms with Gasteiger partial charge in [0, 0.05) is 5.41 Å². The maximum Gasteiger partial charge on any atom is 0.0941 e. The monoisotopic (exact) mass is 194 g/mol. The number of rotatable bonds is 3. The van der Waals surface area contributed by atoms with Gasteiger partial charge in [-0.05, 0) is 12.5 Å². The molecule has 1 rings (SSSR count). The summed E-state index contributed by atoms with van der Waals surface area (Å²) in [5.41, 5.74) is -0.726. The van der Waals surface area contributed by atoms with E-state index in [1.807, 2.05) is 44.2 Å². The minimum Gasteiger partial charge on any atom is -0.396 e. The average Bonchev–Trinajstić information content (AvgIpc) is 2.19.